The van der Waals surface area contributed by atoms with Crippen molar-refractivity contribution in [3.05, 3.63) is 74.3 Å². The Morgan fingerprint density at radius 1 is 1.15 bits per heavy atom. The molecule has 1 aliphatic heterocycles. The molecule has 0 amide bonds. The topological polar surface area (TPSA) is 119 Å². The van der Waals surface area contributed by atoms with Gasteiger partial charge in [0.25, 0.3) is 0 Å². The van der Waals surface area contributed by atoms with E-state index in [0.29, 0.717) is 32.7 Å². The smallest absolute Gasteiger partial charge is 0.398 e. The minimum absolute atomic E-state index is 0.00636. The third-order valence-electron chi connectivity index (χ3n) is 7.74. The molecule has 2 fully saturated rings. The molecule has 2 aromatic heterocycles. The van der Waals surface area contributed by atoms with Gasteiger partial charge in [-0.05, 0) is 56.0 Å². The summed E-state index contributed by atoms with van der Waals surface area (Å²) in [6.45, 7) is 1.71. The first-order valence-electron chi connectivity index (χ1n) is 13.3. The molecule has 4 aromatic rings. The van der Waals surface area contributed by atoms with Gasteiger partial charge in [0.05, 0.1) is 28.5 Å². The standard InChI is InChI=1S/C29H29Cl2N5O4/c1-35-14-20(28-33-29(38)40-34-28)19-13-17(7-8-24(19)35)36-11-9-18(10-12-36)39-15-21(27(37)16-5-6-16)26(32)25-22(30)3-2-4-23(25)31/h2-4,7-8,13-14,16,18H,5-6,9-12,15,32H2,1H3,(H,33,34,38). The number of ketones is 1. The number of nitrogens with two attached hydrogens (primary N) is 1. The van der Waals surface area contributed by atoms with Crippen molar-refractivity contribution >= 4 is 51.3 Å². The van der Waals surface area contributed by atoms with E-state index < -0.39 is 5.76 Å². The van der Waals surface area contributed by atoms with Gasteiger partial charge in [-0.3, -0.25) is 14.3 Å². The number of carbonyl (C=O) groups excluding carboxylic acids is 1. The van der Waals surface area contributed by atoms with Gasteiger partial charge in [-0.15, -0.1) is 0 Å². The SMILES string of the molecule is Cn1cc(-c2noc(=O)[nH]2)c2cc(N3CCC(OCC(C(=O)C4CC4)=C(N)c4c(Cl)cccc4Cl)CC3)ccc21. The molecule has 11 heteroatoms. The largest absolute Gasteiger partial charge is 0.439 e. The third-order valence-corrected chi connectivity index (χ3v) is 8.37. The van der Waals surface area contributed by atoms with Crippen LogP contribution in [0.1, 0.15) is 31.2 Å². The Morgan fingerprint density at radius 2 is 1.88 bits per heavy atom. The number of aryl methyl sites for hydroxylation is 1. The number of aromatic amines is 1. The van der Waals surface area contributed by atoms with Gasteiger partial charge in [-0.25, -0.2) is 4.79 Å². The number of H-pyrrole nitrogens is 1. The fraction of sp³-hybridized carbons (Fsp3) is 0.345. The summed E-state index contributed by atoms with van der Waals surface area (Å²) in [5, 5.41) is 5.66. The van der Waals surface area contributed by atoms with Crippen LogP contribution in [0.4, 0.5) is 5.69 Å². The summed E-state index contributed by atoms with van der Waals surface area (Å²) >= 11 is 12.8. The second kappa shape index (κ2) is 10.8. The molecule has 3 heterocycles. The Labute approximate surface area is 240 Å². The van der Waals surface area contributed by atoms with E-state index >= 15 is 0 Å². The van der Waals surface area contributed by atoms with Crippen molar-refractivity contribution in [3.8, 4) is 11.4 Å². The van der Waals surface area contributed by atoms with E-state index in [-0.39, 0.29) is 24.4 Å². The molecular formula is C29H29Cl2N5O4. The fourth-order valence-corrected chi connectivity index (χ4v) is 5.97. The number of nitrogens with zero attached hydrogens (tertiary/aromatic N) is 3. The van der Waals surface area contributed by atoms with Crippen molar-refractivity contribution in [1.29, 1.82) is 0 Å². The highest BCUT2D eigenvalue weighted by Crippen LogP contribution is 2.37. The van der Waals surface area contributed by atoms with Crippen molar-refractivity contribution < 1.29 is 14.1 Å². The lowest BCUT2D eigenvalue weighted by atomic mass is 10.0. The number of fused-ring (bicyclic) bond motifs is 1. The predicted molar refractivity (Wildman–Crippen MR) is 156 cm³/mol. The van der Waals surface area contributed by atoms with Crippen molar-refractivity contribution in [2.45, 2.75) is 31.8 Å². The van der Waals surface area contributed by atoms with Crippen LogP contribution in [0.15, 0.2) is 57.5 Å². The molecule has 1 aliphatic carbocycles. The van der Waals surface area contributed by atoms with Crippen LogP contribution < -0.4 is 16.4 Å². The zero-order valence-corrected chi connectivity index (χ0v) is 23.5. The van der Waals surface area contributed by atoms with Gasteiger partial charge in [0.15, 0.2) is 11.6 Å². The minimum Gasteiger partial charge on any atom is -0.398 e. The first-order valence-corrected chi connectivity index (χ1v) is 14.0. The number of hydrogen-bond donors (Lipinski definition) is 2. The number of rotatable bonds is 8. The molecule has 3 N–H and O–H groups in total. The summed E-state index contributed by atoms with van der Waals surface area (Å²) in [5.74, 6) is -0.167. The quantitative estimate of drug-likeness (QED) is 0.276. The maximum atomic E-state index is 13.1. The lowest BCUT2D eigenvalue weighted by Gasteiger charge is -2.34. The molecule has 0 unspecified atom stereocenters. The average molecular weight is 582 g/mol. The molecule has 6 rings (SSSR count). The number of anilines is 1. The van der Waals surface area contributed by atoms with Gasteiger partial charge in [0.1, 0.15) is 0 Å². The van der Waals surface area contributed by atoms with Crippen LogP contribution in [0.25, 0.3) is 28.0 Å². The maximum absolute atomic E-state index is 13.1. The van der Waals surface area contributed by atoms with Crippen LogP contribution in [0.5, 0.6) is 0 Å². The highest BCUT2D eigenvalue weighted by atomic mass is 35.5. The lowest BCUT2D eigenvalue weighted by molar-refractivity contribution is -0.117. The van der Waals surface area contributed by atoms with Crippen LogP contribution >= 0.6 is 23.2 Å². The zero-order valence-electron chi connectivity index (χ0n) is 22.0. The van der Waals surface area contributed by atoms with E-state index in [0.717, 1.165) is 60.9 Å². The minimum atomic E-state index is -0.584. The van der Waals surface area contributed by atoms with Gasteiger partial charge in [-0.2, -0.15) is 0 Å². The van der Waals surface area contributed by atoms with Crippen molar-refractivity contribution in [2.24, 2.45) is 18.7 Å². The van der Waals surface area contributed by atoms with E-state index in [4.69, 9.17) is 38.2 Å². The third kappa shape index (κ3) is 5.16. The summed E-state index contributed by atoms with van der Waals surface area (Å²) < 4.78 is 13.0. The lowest BCUT2D eigenvalue weighted by Crippen LogP contribution is -2.37. The second-order valence-electron chi connectivity index (χ2n) is 10.4. The Kier molecular flexibility index (Phi) is 7.20. The Bertz CT molecular complexity index is 1650. The van der Waals surface area contributed by atoms with Gasteiger partial charge < -0.3 is 19.9 Å². The van der Waals surface area contributed by atoms with Gasteiger partial charge >= 0.3 is 5.76 Å². The summed E-state index contributed by atoms with van der Waals surface area (Å²) in [6, 6.07) is 11.5. The van der Waals surface area contributed by atoms with Crippen LogP contribution in [0.2, 0.25) is 10.0 Å². The average Bonchev–Trinajstić information content (AvgIpc) is 3.63. The number of hydrogen-bond acceptors (Lipinski definition) is 7. The van der Waals surface area contributed by atoms with Crippen LogP contribution in [0, 0.1) is 5.92 Å². The van der Waals surface area contributed by atoms with E-state index in [1.165, 1.54) is 0 Å². The molecule has 0 radical (unpaired) electrons. The van der Waals surface area contributed by atoms with Crippen molar-refractivity contribution in [1.82, 2.24) is 14.7 Å². The summed E-state index contributed by atoms with van der Waals surface area (Å²) in [4.78, 5) is 29.6. The van der Waals surface area contributed by atoms with E-state index in [1.54, 1.807) is 18.2 Å². The first-order chi connectivity index (χ1) is 19.3. The molecular weight excluding hydrogens is 553 g/mol. The molecule has 1 saturated heterocycles. The van der Waals surface area contributed by atoms with Crippen molar-refractivity contribution in [3.63, 3.8) is 0 Å². The number of nitrogens with one attached hydrogen (secondary N) is 1. The molecule has 9 nitrogen and oxygen atoms in total. The number of carbonyl (C=O) groups is 1. The second-order valence-corrected chi connectivity index (χ2v) is 11.2. The monoisotopic (exact) mass is 581 g/mol. The predicted octanol–water partition coefficient (Wildman–Crippen LogP) is 5.16. The Balaban J connectivity index is 1.16. The van der Waals surface area contributed by atoms with E-state index in [9.17, 15) is 9.59 Å². The van der Waals surface area contributed by atoms with Gasteiger partial charge in [-0.1, -0.05) is 34.4 Å². The van der Waals surface area contributed by atoms with Gasteiger partial charge in [0.2, 0.25) is 0 Å². The molecule has 208 valence electrons. The van der Waals surface area contributed by atoms with E-state index in [2.05, 4.69) is 33.2 Å². The number of benzene rings is 2. The first kappa shape index (κ1) is 26.7. The highest BCUT2D eigenvalue weighted by molar-refractivity contribution is 6.37. The van der Waals surface area contributed by atoms with Crippen LogP contribution in [-0.4, -0.2) is 46.3 Å². The van der Waals surface area contributed by atoms with Gasteiger partial charge in [0, 0.05) is 65.5 Å². The number of Topliss-reactive ketones (excluding diaryl/α,β-unsaturated/α-hetero) is 1. The number of ether oxygens (including phenoxy) is 1. The number of piperidine rings is 1. The zero-order chi connectivity index (χ0) is 28.0. The summed E-state index contributed by atoms with van der Waals surface area (Å²) in [5.41, 5.74) is 10.6. The van der Waals surface area contributed by atoms with Crippen molar-refractivity contribution in [2.75, 3.05) is 24.6 Å². The molecule has 0 spiro atoms. The van der Waals surface area contributed by atoms with Crippen LogP contribution in [-0.2, 0) is 16.6 Å². The molecule has 2 aliphatic rings. The molecule has 40 heavy (non-hydrogen) atoms. The summed E-state index contributed by atoms with van der Waals surface area (Å²) in [6.07, 6.45) is 5.25. The number of aromatic nitrogens is 3. The van der Waals surface area contributed by atoms with Crippen LogP contribution in [0.3, 0.4) is 0 Å². The molecule has 0 bridgehead atoms. The summed E-state index contributed by atoms with van der Waals surface area (Å²) in [7, 11) is 1.95. The molecule has 0 atom stereocenters. The molecule has 2 aromatic carbocycles. The number of halogens is 2. The highest BCUT2D eigenvalue weighted by Gasteiger charge is 2.34. The fourth-order valence-electron chi connectivity index (χ4n) is 5.37. The molecule has 1 saturated carbocycles. The maximum Gasteiger partial charge on any atom is 0.439 e. The van der Waals surface area contributed by atoms with E-state index in [1.807, 2.05) is 17.8 Å². The Hall–Kier alpha value is -3.53. The normalized spacial score (nSPS) is 16.9. The Morgan fingerprint density at radius 3 is 2.52 bits per heavy atom.